The largest absolute Gasteiger partial charge is 0.507 e. The molecular weight excluding hydrogens is 444 g/mol. The molecule has 3 rings (SSSR count). The molecule has 0 atom stereocenters. The Kier molecular flexibility index (Phi) is 7.73. The van der Waals surface area contributed by atoms with E-state index in [-0.39, 0.29) is 5.75 Å². The van der Waals surface area contributed by atoms with E-state index in [1.807, 2.05) is 65.8 Å². The topological polar surface area (TPSA) is 82.1 Å². The van der Waals surface area contributed by atoms with Crippen LogP contribution >= 0.6 is 0 Å². The van der Waals surface area contributed by atoms with Crippen molar-refractivity contribution >= 4 is 11.9 Å². The second kappa shape index (κ2) is 10.4. The third kappa shape index (κ3) is 5.26. The van der Waals surface area contributed by atoms with Gasteiger partial charge >= 0.3 is 11.9 Å². The molecule has 186 valence electrons. The molecule has 0 fully saturated rings. The molecule has 6 heteroatoms. The van der Waals surface area contributed by atoms with Gasteiger partial charge in [-0.2, -0.15) is 0 Å². The van der Waals surface area contributed by atoms with E-state index in [9.17, 15) is 14.7 Å². The molecule has 0 aromatic heterocycles. The van der Waals surface area contributed by atoms with Crippen molar-refractivity contribution in [3.8, 4) is 17.2 Å². The third-order valence-corrected chi connectivity index (χ3v) is 6.60. The van der Waals surface area contributed by atoms with E-state index >= 15 is 0 Å². The van der Waals surface area contributed by atoms with Gasteiger partial charge in [0.15, 0.2) is 0 Å². The fraction of sp³-hybridized carbons (Fsp3) is 0.379. The van der Waals surface area contributed by atoms with Crippen molar-refractivity contribution in [1.29, 1.82) is 0 Å². The number of esters is 2. The van der Waals surface area contributed by atoms with Crippen LogP contribution in [-0.2, 0) is 25.5 Å². The summed E-state index contributed by atoms with van der Waals surface area (Å²) in [5.74, 6) is 0.351. The van der Waals surface area contributed by atoms with Crippen molar-refractivity contribution in [1.82, 2.24) is 0 Å². The normalized spacial score (nSPS) is 14.3. The molecule has 0 spiro atoms. The summed E-state index contributed by atoms with van der Waals surface area (Å²) in [6, 6.07) is 7.66. The maximum atomic E-state index is 12.7. The number of allylic oxidation sites excluding steroid dienone is 2. The van der Waals surface area contributed by atoms with Crippen LogP contribution in [0.2, 0.25) is 0 Å². The fourth-order valence-electron chi connectivity index (χ4n) is 5.03. The van der Waals surface area contributed by atoms with Gasteiger partial charge in [-0.1, -0.05) is 23.3 Å². The molecule has 1 aliphatic rings. The van der Waals surface area contributed by atoms with Crippen molar-refractivity contribution in [2.45, 2.75) is 54.4 Å². The highest BCUT2D eigenvalue weighted by Gasteiger charge is 2.36. The lowest BCUT2D eigenvalue weighted by Crippen LogP contribution is -2.28. The number of phenols is 1. The molecule has 35 heavy (non-hydrogen) atoms. The summed E-state index contributed by atoms with van der Waals surface area (Å²) >= 11 is 0. The van der Waals surface area contributed by atoms with Crippen LogP contribution in [0.15, 0.2) is 46.6 Å². The number of phenolic OH excluding ortho intramolecular Hbond substituents is 1. The first-order chi connectivity index (χ1) is 16.5. The van der Waals surface area contributed by atoms with Gasteiger partial charge in [-0.05, 0) is 94.3 Å². The van der Waals surface area contributed by atoms with Crippen molar-refractivity contribution in [3.63, 3.8) is 0 Å². The maximum absolute atomic E-state index is 12.7. The smallest absolute Gasteiger partial charge is 0.334 e. The first-order valence-electron chi connectivity index (χ1n) is 11.6. The second-order valence-corrected chi connectivity index (χ2v) is 9.37. The van der Waals surface area contributed by atoms with Gasteiger partial charge in [0.25, 0.3) is 0 Å². The zero-order valence-corrected chi connectivity index (χ0v) is 21.8. The molecule has 1 N–H and O–H groups in total. The summed E-state index contributed by atoms with van der Waals surface area (Å²) in [5, 5.41) is 10.1. The van der Waals surface area contributed by atoms with Gasteiger partial charge in [0.1, 0.15) is 17.2 Å². The molecule has 0 radical (unpaired) electrons. The van der Waals surface area contributed by atoms with Crippen LogP contribution in [-0.4, -0.2) is 31.3 Å². The average Bonchev–Trinajstić information content (AvgIpc) is 2.79. The minimum atomic E-state index is -0.461. The van der Waals surface area contributed by atoms with E-state index in [1.165, 1.54) is 14.2 Å². The molecule has 0 aliphatic heterocycles. The Morgan fingerprint density at radius 2 is 1.26 bits per heavy atom. The highest BCUT2D eigenvalue weighted by molar-refractivity contribution is 5.98. The maximum Gasteiger partial charge on any atom is 0.334 e. The first kappa shape index (κ1) is 26.1. The van der Waals surface area contributed by atoms with Gasteiger partial charge < -0.3 is 19.3 Å². The molecule has 2 aromatic carbocycles. The predicted octanol–water partition coefficient (Wildman–Crippen LogP) is 5.96. The molecule has 0 heterocycles. The summed E-state index contributed by atoms with van der Waals surface area (Å²) in [6.45, 7) is 11.4. The van der Waals surface area contributed by atoms with Crippen LogP contribution in [0, 0.1) is 33.6 Å². The molecule has 0 amide bonds. The van der Waals surface area contributed by atoms with Gasteiger partial charge in [-0.25, -0.2) is 9.59 Å². The third-order valence-electron chi connectivity index (χ3n) is 6.60. The molecule has 0 unspecified atom stereocenters. The molecular formula is C29H34O6. The SMILES string of the molecule is COC(=O)C1=C(C)CC(C)=C(C(=O)OC)C1Cc1cc(C)c(Oc2cc(C)c(O)c(C)c2)c(C)c1. The second-order valence-electron chi connectivity index (χ2n) is 9.37. The van der Waals surface area contributed by atoms with Crippen LogP contribution in [0.5, 0.6) is 17.2 Å². The Bertz CT molecular complexity index is 1160. The standard InChI is InChI=1S/C29H34O6/c1-15-9-16(2)25(29(32)34-8)23(24(15)28(31)33-7)14-21-10-19(5)27(20(6)11-21)35-22-12-17(3)26(30)18(4)13-22/h10-13,23,30H,9,14H2,1-8H3. The molecule has 1 aliphatic carbocycles. The lowest BCUT2D eigenvalue weighted by molar-refractivity contribution is -0.137. The Labute approximate surface area is 207 Å². The average molecular weight is 479 g/mol. The van der Waals surface area contributed by atoms with Crippen molar-refractivity contribution in [2.24, 2.45) is 5.92 Å². The van der Waals surface area contributed by atoms with Crippen molar-refractivity contribution in [2.75, 3.05) is 14.2 Å². The highest BCUT2D eigenvalue weighted by Crippen LogP contribution is 2.40. The van der Waals surface area contributed by atoms with Crippen LogP contribution in [0.1, 0.15) is 48.1 Å². The molecule has 2 aromatic rings. The summed E-state index contributed by atoms with van der Waals surface area (Å²) in [4.78, 5) is 25.4. The van der Waals surface area contributed by atoms with Gasteiger partial charge in [-0.3, -0.25) is 0 Å². The lowest BCUT2D eigenvalue weighted by atomic mass is 9.75. The summed E-state index contributed by atoms with van der Waals surface area (Å²) < 4.78 is 16.4. The quantitative estimate of drug-likeness (QED) is 0.516. The van der Waals surface area contributed by atoms with Crippen molar-refractivity contribution < 1.29 is 28.9 Å². The summed E-state index contributed by atoms with van der Waals surface area (Å²) in [5.41, 5.74) is 7.17. The summed E-state index contributed by atoms with van der Waals surface area (Å²) in [6.07, 6.45) is 0.977. The minimum absolute atomic E-state index is 0.267. The highest BCUT2D eigenvalue weighted by atomic mass is 16.5. The minimum Gasteiger partial charge on any atom is -0.507 e. The molecule has 0 saturated carbocycles. The number of carbonyl (C=O) groups excluding carboxylic acids is 2. The summed E-state index contributed by atoms with van der Waals surface area (Å²) in [7, 11) is 2.71. The molecule has 0 bridgehead atoms. The Morgan fingerprint density at radius 1 is 0.800 bits per heavy atom. The fourth-order valence-corrected chi connectivity index (χ4v) is 5.03. The number of rotatable bonds is 6. The zero-order chi connectivity index (χ0) is 26.0. The predicted molar refractivity (Wildman–Crippen MR) is 135 cm³/mol. The van der Waals surface area contributed by atoms with E-state index in [0.29, 0.717) is 29.7 Å². The van der Waals surface area contributed by atoms with Crippen LogP contribution < -0.4 is 4.74 Å². The Balaban J connectivity index is 2.01. The van der Waals surface area contributed by atoms with E-state index in [4.69, 9.17) is 14.2 Å². The number of aryl methyl sites for hydroxylation is 4. The van der Waals surface area contributed by atoms with Gasteiger partial charge in [-0.15, -0.1) is 0 Å². The molecule has 0 saturated heterocycles. The van der Waals surface area contributed by atoms with E-state index in [1.54, 1.807) is 0 Å². The molecule has 6 nitrogen and oxygen atoms in total. The zero-order valence-electron chi connectivity index (χ0n) is 21.8. The lowest BCUT2D eigenvalue weighted by Gasteiger charge is -2.29. The van der Waals surface area contributed by atoms with Crippen LogP contribution in [0.3, 0.4) is 0 Å². The number of aromatic hydroxyl groups is 1. The number of carbonyl (C=O) groups is 2. The number of hydrogen-bond donors (Lipinski definition) is 1. The Morgan fingerprint density at radius 3 is 1.69 bits per heavy atom. The number of hydrogen-bond acceptors (Lipinski definition) is 6. The van der Waals surface area contributed by atoms with Gasteiger partial charge in [0.2, 0.25) is 0 Å². The van der Waals surface area contributed by atoms with E-state index in [2.05, 4.69) is 0 Å². The number of methoxy groups -OCH3 is 2. The Hall–Kier alpha value is -3.54. The first-order valence-corrected chi connectivity index (χ1v) is 11.6. The van der Waals surface area contributed by atoms with Crippen molar-refractivity contribution in [3.05, 3.63) is 74.4 Å². The van der Waals surface area contributed by atoms with E-state index < -0.39 is 17.9 Å². The number of ether oxygens (including phenoxy) is 3. The van der Waals surface area contributed by atoms with Crippen LogP contribution in [0.4, 0.5) is 0 Å². The van der Waals surface area contributed by atoms with Gasteiger partial charge in [0, 0.05) is 17.1 Å². The van der Waals surface area contributed by atoms with Gasteiger partial charge in [0.05, 0.1) is 14.2 Å². The number of benzene rings is 2. The van der Waals surface area contributed by atoms with E-state index in [0.717, 1.165) is 44.7 Å². The monoisotopic (exact) mass is 478 g/mol. The van der Waals surface area contributed by atoms with Crippen LogP contribution in [0.25, 0.3) is 0 Å².